The predicted octanol–water partition coefficient (Wildman–Crippen LogP) is 4.59. The highest BCUT2D eigenvalue weighted by Crippen LogP contribution is 2.31. The van der Waals surface area contributed by atoms with Crippen molar-refractivity contribution in [3.63, 3.8) is 0 Å². The third-order valence-electron chi connectivity index (χ3n) is 4.63. The molecule has 0 spiro atoms. The molecule has 2 aromatic carbocycles. The topological polar surface area (TPSA) is 23.8 Å². The number of fused-ring (bicyclic) bond motifs is 1. The van der Waals surface area contributed by atoms with Gasteiger partial charge in [0.05, 0.1) is 11.5 Å². The van der Waals surface area contributed by atoms with Crippen LogP contribution in [0, 0.1) is 11.3 Å². The lowest BCUT2D eigenvalue weighted by atomic mass is 9.76. The van der Waals surface area contributed by atoms with Gasteiger partial charge in [-0.2, -0.15) is 5.26 Å². The van der Waals surface area contributed by atoms with Crippen LogP contribution in [0.25, 0.3) is 0 Å². The van der Waals surface area contributed by atoms with Gasteiger partial charge < -0.3 is 0 Å². The van der Waals surface area contributed by atoms with Crippen molar-refractivity contribution in [2.24, 2.45) is 0 Å². The van der Waals surface area contributed by atoms with Crippen LogP contribution in [0.2, 0.25) is 0 Å². The zero-order valence-corrected chi connectivity index (χ0v) is 12.6. The fourth-order valence-electron chi connectivity index (χ4n) is 3.29. The van der Waals surface area contributed by atoms with Crippen LogP contribution in [0.1, 0.15) is 42.0 Å². The highest BCUT2D eigenvalue weighted by Gasteiger charge is 2.27. The Morgan fingerprint density at radius 1 is 1.00 bits per heavy atom. The van der Waals surface area contributed by atoms with Crippen molar-refractivity contribution in [3.8, 4) is 6.07 Å². The van der Waals surface area contributed by atoms with Gasteiger partial charge in [0.25, 0.3) is 0 Å². The minimum absolute atomic E-state index is 0.451. The molecule has 3 rings (SSSR count). The van der Waals surface area contributed by atoms with Crippen LogP contribution < -0.4 is 0 Å². The van der Waals surface area contributed by atoms with Crippen molar-refractivity contribution < 1.29 is 0 Å². The number of hydrogen-bond acceptors (Lipinski definition) is 1. The minimum Gasteiger partial charge on any atom is -0.197 e. The van der Waals surface area contributed by atoms with E-state index in [1.165, 1.54) is 36.0 Å². The van der Waals surface area contributed by atoms with E-state index in [1.54, 1.807) is 0 Å². The molecule has 1 heteroatoms. The standard InChI is InChI=1S/C20H21N/c1-20(15-21,14-16-7-3-2-4-8-16)19-12-11-17-9-5-6-10-18(17)13-19/h2-4,7-8,11-13H,5-6,9-10,14H2,1H3. The Hall–Kier alpha value is -2.07. The zero-order valence-electron chi connectivity index (χ0n) is 12.6. The molecule has 0 saturated carbocycles. The molecule has 0 amide bonds. The third-order valence-corrected chi connectivity index (χ3v) is 4.63. The molecule has 1 aliphatic rings. The molecule has 0 aromatic heterocycles. The summed E-state index contributed by atoms with van der Waals surface area (Å²) >= 11 is 0. The second kappa shape index (κ2) is 5.74. The van der Waals surface area contributed by atoms with Crippen molar-refractivity contribution in [2.45, 2.75) is 44.4 Å². The Labute approximate surface area is 127 Å². The number of benzene rings is 2. The van der Waals surface area contributed by atoms with E-state index in [9.17, 15) is 5.26 Å². The molecular formula is C20H21N. The van der Waals surface area contributed by atoms with Gasteiger partial charge in [-0.1, -0.05) is 48.5 Å². The van der Waals surface area contributed by atoms with Crippen LogP contribution in [-0.2, 0) is 24.7 Å². The first-order chi connectivity index (χ1) is 10.2. The molecule has 2 aromatic rings. The molecule has 1 unspecified atom stereocenters. The molecule has 0 radical (unpaired) electrons. The van der Waals surface area contributed by atoms with Gasteiger partial charge in [0, 0.05) is 0 Å². The van der Waals surface area contributed by atoms with Crippen LogP contribution in [-0.4, -0.2) is 0 Å². The van der Waals surface area contributed by atoms with E-state index in [4.69, 9.17) is 0 Å². The lowest BCUT2D eigenvalue weighted by Crippen LogP contribution is -2.23. The van der Waals surface area contributed by atoms with Gasteiger partial charge in [-0.25, -0.2) is 0 Å². The summed E-state index contributed by atoms with van der Waals surface area (Å²) in [5.41, 5.74) is 4.86. The van der Waals surface area contributed by atoms with Crippen LogP contribution in [0.3, 0.4) is 0 Å². The van der Waals surface area contributed by atoms with E-state index in [0.29, 0.717) is 0 Å². The second-order valence-corrected chi connectivity index (χ2v) is 6.30. The average molecular weight is 275 g/mol. The molecule has 0 saturated heterocycles. The summed E-state index contributed by atoms with van der Waals surface area (Å²) in [4.78, 5) is 0. The molecule has 21 heavy (non-hydrogen) atoms. The van der Waals surface area contributed by atoms with E-state index < -0.39 is 5.41 Å². The van der Waals surface area contributed by atoms with Crippen molar-refractivity contribution >= 4 is 0 Å². The van der Waals surface area contributed by atoms with Crippen LogP contribution in [0.15, 0.2) is 48.5 Å². The maximum Gasteiger partial charge on any atom is 0.0834 e. The van der Waals surface area contributed by atoms with Crippen molar-refractivity contribution in [2.75, 3.05) is 0 Å². The first-order valence-electron chi connectivity index (χ1n) is 7.79. The molecule has 1 aliphatic carbocycles. The predicted molar refractivity (Wildman–Crippen MR) is 86.2 cm³/mol. The van der Waals surface area contributed by atoms with Crippen LogP contribution in [0.5, 0.6) is 0 Å². The molecule has 0 heterocycles. The molecular weight excluding hydrogens is 254 g/mol. The van der Waals surface area contributed by atoms with Gasteiger partial charge in [-0.3, -0.25) is 0 Å². The zero-order chi connectivity index (χ0) is 14.7. The van der Waals surface area contributed by atoms with E-state index in [2.05, 4.69) is 43.3 Å². The summed E-state index contributed by atoms with van der Waals surface area (Å²) in [7, 11) is 0. The van der Waals surface area contributed by atoms with Crippen LogP contribution >= 0.6 is 0 Å². The average Bonchev–Trinajstić information content (AvgIpc) is 2.55. The minimum atomic E-state index is -0.451. The van der Waals surface area contributed by atoms with Crippen molar-refractivity contribution in [1.29, 1.82) is 5.26 Å². The summed E-state index contributed by atoms with van der Waals surface area (Å²) in [5.74, 6) is 0. The number of rotatable bonds is 3. The van der Waals surface area contributed by atoms with Gasteiger partial charge >= 0.3 is 0 Å². The lowest BCUT2D eigenvalue weighted by Gasteiger charge is -2.25. The molecule has 0 aliphatic heterocycles. The Morgan fingerprint density at radius 3 is 2.43 bits per heavy atom. The van der Waals surface area contributed by atoms with E-state index in [0.717, 1.165) is 18.4 Å². The fraction of sp³-hybridized carbons (Fsp3) is 0.350. The van der Waals surface area contributed by atoms with Gasteiger partial charge in [-0.05, 0) is 61.3 Å². The summed E-state index contributed by atoms with van der Waals surface area (Å²) in [5, 5.41) is 9.75. The highest BCUT2D eigenvalue weighted by molar-refractivity contribution is 5.41. The molecule has 1 atom stereocenters. The van der Waals surface area contributed by atoms with Gasteiger partial charge in [-0.15, -0.1) is 0 Å². The fourth-order valence-corrected chi connectivity index (χ4v) is 3.29. The summed E-state index contributed by atoms with van der Waals surface area (Å²) in [6, 6.07) is 19.5. The van der Waals surface area contributed by atoms with E-state index in [1.807, 2.05) is 18.2 Å². The maximum absolute atomic E-state index is 9.75. The van der Waals surface area contributed by atoms with Gasteiger partial charge in [0.1, 0.15) is 0 Å². The summed E-state index contributed by atoms with van der Waals surface area (Å²) < 4.78 is 0. The maximum atomic E-state index is 9.75. The molecule has 0 N–H and O–H groups in total. The number of nitrogens with zero attached hydrogens (tertiary/aromatic N) is 1. The molecule has 1 nitrogen and oxygen atoms in total. The summed E-state index contributed by atoms with van der Waals surface area (Å²) in [6.45, 7) is 2.06. The normalized spacial score (nSPS) is 16.6. The molecule has 106 valence electrons. The first kappa shape index (κ1) is 13.9. The lowest BCUT2D eigenvalue weighted by molar-refractivity contribution is 0.601. The number of nitriles is 1. The Bertz CT molecular complexity index is 666. The smallest absolute Gasteiger partial charge is 0.0834 e. The first-order valence-corrected chi connectivity index (χ1v) is 7.79. The second-order valence-electron chi connectivity index (χ2n) is 6.30. The van der Waals surface area contributed by atoms with Crippen LogP contribution in [0.4, 0.5) is 0 Å². The Balaban J connectivity index is 1.94. The number of aryl methyl sites for hydroxylation is 2. The van der Waals surface area contributed by atoms with Gasteiger partial charge in [0.2, 0.25) is 0 Å². The Morgan fingerprint density at radius 2 is 1.71 bits per heavy atom. The summed E-state index contributed by atoms with van der Waals surface area (Å²) in [6.07, 6.45) is 5.70. The molecule has 0 bridgehead atoms. The van der Waals surface area contributed by atoms with E-state index in [-0.39, 0.29) is 0 Å². The SMILES string of the molecule is CC(C#N)(Cc1ccccc1)c1ccc2c(c1)CCCC2. The number of hydrogen-bond donors (Lipinski definition) is 0. The highest BCUT2D eigenvalue weighted by atomic mass is 14.4. The van der Waals surface area contributed by atoms with Crippen molar-refractivity contribution in [3.05, 3.63) is 70.8 Å². The van der Waals surface area contributed by atoms with E-state index >= 15 is 0 Å². The quantitative estimate of drug-likeness (QED) is 0.803. The van der Waals surface area contributed by atoms with Gasteiger partial charge in [0.15, 0.2) is 0 Å². The third kappa shape index (κ3) is 2.85. The monoisotopic (exact) mass is 275 g/mol. The van der Waals surface area contributed by atoms with Crippen molar-refractivity contribution in [1.82, 2.24) is 0 Å². The Kier molecular flexibility index (Phi) is 3.80. The molecule has 0 fully saturated rings. The largest absolute Gasteiger partial charge is 0.197 e.